The predicted molar refractivity (Wildman–Crippen MR) is 88.1 cm³/mol. The van der Waals surface area contributed by atoms with Crippen LogP contribution in [0, 0.1) is 5.82 Å². The van der Waals surface area contributed by atoms with Crippen LogP contribution >= 0.6 is 34.7 Å². The zero-order chi connectivity index (χ0) is 15.5. The van der Waals surface area contributed by atoms with Crippen LogP contribution in [-0.2, 0) is 0 Å². The van der Waals surface area contributed by atoms with Gasteiger partial charge in [-0.1, -0.05) is 29.8 Å². The lowest BCUT2D eigenvalue weighted by atomic mass is 10.2. The topological polar surface area (TPSA) is 30.2 Å². The summed E-state index contributed by atoms with van der Waals surface area (Å²) >= 11 is 12.7. The molecule has 3 rings (SSSR count). The van der Waals surface area contributed by atoms with Crippen molar-refractivity contribution in [3.05, 3.63) is 64.2 Å². The minimum Gasteiger partial charge on any atom is -0.246 e. The maximum atomic E-state index is 13.7. The fraction of sp³-hybridized carbons (Fsp3) is 0.0667. The van der Waals surface area contributed by atoms with Gasteiger partial charge in [0.25, 0.3) is 0 Å². The highest BCUT2D eigenvalue weighted by molar-refractivity contribution is 7.04. The Morgan fingerprint density at radius 1 is 1.18 bits per heavy atom. The van der Waals surface area contributed by atoms with Gasteiger partial charge in [0.05, 0.1) is 10.7 Å². The Morgan fingerprint density at radius 3 is 2.64 bits per heavy atom. The summed E-state index contributed by atoms with van der Waals surface area (Å²) in [5.74, 6) is 0.109. The van der Waals surface area contributed by atoms with Gasteiger partial charge < -0.3 is 0 Å². The second kappa shape index (κ2) is 6.60. The molecular formula is C15H10Cl2FN3S. The molecule has 0 aliphatic heterocycles. The van der Waals surface area contributed by atoms with Crippen molar-refractivity contribution in [3.63, 3.8) is 0 Å². The van der Waals surface area contributed by atoms with Crippen LogP contribution in [0.25, 0.3) is 17.1 Å². The van der Waals surface area contributed by atoms with Crippen LogP contribution in [0.4, 0.5) is 4.39 Å². The van der Waals surface area contributed by atoms with E-state index in [0.717, 1.165) is 5.69 Å². The van der Waals surface area contributed by atoms with E-state index in [9.17, 15) is 4.39 Å². The largest absolute Gasteiger partial charge is 0.246 e. The van der Waals surface area contributed by atoms with Gasteiger partial charge in [-0.05, 0) is 41.9 Å². The van der Waals surface area contributed by atoms with Crippen LogP contribution < -0.4 is 4.80 Å². The van der Waals surface area contributed by atoms with Crippen molar-refractivity contribution in [1.82, 2.24) is 8.94 Å². The molecule has 0 saturated heterocycles. The third-order valence-electron chi connectivity index (χ3n) is 2.93. The van der Waals surface area contributed by atoms with E-state index in [1.807, 2.05) is 34.3 Å². The molecule has 2 aromatic carbocycles. The molecule has 0 saturated carbocycles. The SMILES string of the molecule is Fc1cc(-c2nc(=NCCl)sn2-c2ccccc2)ccc1Cl. The first kappa shape index (κ1) is 15.2. The summed E-state index contributed by atoms with van der Waals surface area (Å²) in [6.07, 6.45) is 0. The summed E-state index contributed by atoms with van der Waals surface area (Å²) in [6, 6.07) is 14.4. The monoisotopic (exact) mass is 353 g/mol. The number of hydrogen-bond acceptors (Lipinski definition) is 3. The van der Waals surface area contributed by atoms with E-state index < -0.39 is 5.82 Å². The summed E-state index contributed by atoms with van der Waals surface area (Å²) in [5, 5.41) is 0.0795. The van der Waals surface area contributed by atoms with Crippen molar-refractivity contribution >= 4 is 34.7 Å². The zero-order valence-corrected chi connectivity index (χ0v) is 13.5. The van der Waals surface area contributed by atoms with Crippen molar-refractivity contribution in [2.24, 2.45) is 4.99 Å². The Kier molecular flexibility index (Phi) is 4.57. The lowest BCUT2D eigenvalue weighted by Gasteiger charge is -2.06. The first-order chi connectivity index (χ1) is 10.7. The Morgan fingerprint density at radius 2 is 1.95 bits per heavy atom. The van der Waals surface area contributed by atoms with Crippen LogP contribution in [0.2, 0.25) is 5.02 Å². The summed E-state index contributed by atoms with van der Waals surface area (Å²) in [6.45, 7) is 0. The van der Waals surface area contributed by atoms with E-state index in [1.54, 1.807) is 6.07 Å². The van der Waals surface area contributed by atoms with Gasteiger partial charge in [0.2, 0.25) is 4.80 Å². The van der Waals surface area contributed by atoms with Gasteiger partial charge in [-0.2, -0.15) is 4.98 Å². The predicted octanol–water partition coefficient (Wildman–Crippen LogP) is 4.49. The van der Waals surface area contributed by atoms with Crippen LogP contribution in [0.5, 0.6) is 0 Å². The van der Waals surface area contributed by atoms with E-state index in [0.29, 0.717) is 16.2 Å². The lowest BCUT2D eigenvalue weighted by Crippen LogP contribution is -1.98. The molecule has 0 bridgehead atoms. The van der Waals surface area contributed by atoms with Gasteiger partial charge in [0.1, 0.15) is 11.8 Å². The smallest absolute Gasteiger partial charge is 0.224 e. The highest BCUT2D eigenvalue weighted by Gasteiger charge is 2.12. The molecule has 0 aliphatic carbocycles. The van der Waals surface area contributed by atoms with Gasteiger partial charge in [0, 0.05) is 5.56 Å². The third-order valence-corrected chi connectivity index (χ3v) is 4.31. The number of benzene rings is 2. The highest BCUT2D eigenvalue weighted by Crippen LogP contribution is 2.25. The summed E-state index contributed by atoms with van der Waals surface area (Å²) in [5.41, 5.74) is 1.54. The van der Waals surface area contributed by atoms with Crippen LogP contribution in [0.3, 0.4) is 0 Å². The number of para-hydroxylation sites is 1. The van der Waals surface area contributed by atoms with Gasteiger partial charge in [-0.15, -0.1) is 11.6 Å². The minimum atomic E-state index is -0.484. The maximum Gasteiger partial charge on any atom is 0.224 e. The molecule has 3 aromatic rings. The minimum absolute atomic E-state index is 0.0795. The second-order valence-electron chi connectivity index (χ2n) is 4.35. The first-order valence-corrected chi connectivity index (χ1v) is 8.05. The Labute approximate surface area is 140 Å². The average molecular weight is 354 g/mol. The van der Waals surface area contributed by atoms with E-state index in [-0.39, 0.29) is 11.0 Å². The number of hydrogen-bond donors (Lipinski definition) is 0. The number of nitrogens with zero attached hydrogens (tertiary/aromatic N) is 3. The van der Waals surface area contributed by atoms with E-state index >= 15 is 0 Å². The summed E-state index contributed by atoms with van der Waals surface area (Å²) in [4.78, 5) is 9.08. The van der Waals surface area contributed by atoms with Gasteiger partial charge in [-0.3, -0.25) is 0 Å². The maximum absolute atomic E-state index is 13.7. The van der Waals surface area contributed by atoms with Crippen molar-refractivity contribution in [2.45, 2.75) is 0 Å². The lowest BCUT2D eigenvalue weighted by molar-refractivity contribution is 0.628. The Hall–Kier alpha value is -1.69. The van der Waals surface area contributed by atoms with E-state index in [4.69, 9.17) is 23.2 Å². The van der Waals surface area contributed by atoms with Crippen molar-refractivity contribution in [3.8, 4) is 17.1 Å². The fourth-order valence-corrected chi connectivity index (χ4v) is 3.13. The molecule has 7 heteroatoms. The first-order valence-electron chi connectivity index (χ1n) is 6.36. The quantitative estimate of drug-likeness (QED) is 0.504. The molecule has 0 fully saturated rings. The third kappa shape index (κ3) is 3.06. The van der Waals surface area contributed by atoms with Crippen LogP contribution in [-0.4, -0.2) is 14.9 Å². The Bertz CT molecular complexity index is 859. The molecule has 22 heavy (non-hydrogen) atoms. The normalized spacial score (nSPS) is 11.9. The van der Waals surface area contributed by atoms with Gasteiger partial charge >= 0.3 is 0 Å². The molecule has 0 unspecified atom stereocenters. The van der Waals surface area contributed by atoms with Crippen LogP contribution in [0.1, 0.15) is 0 Å². The summed E-state index contributed by atoms with van der Waals surface area (Å²) in [7, 11) is 0. The molecular weight excluding hydrogens is 344 g/mol. The standard InChI is InChI=1S/C15H10Cl2FN3S/c16-9-19-15-20-14(10-6-7-12(17)13(18)8-10)21(22-15)11-4-2-1-3-5-11/h1-8H,9H2. The number of rotatable bonds is 3. The van der Waals surface area contributed by atoms with E-state index in [1.165, 1.54) is 23.7 Å². The Balaban J connectivity index is 2.21. The molecule has 0 N–H and O–H groups in total. The number of aromatic nitrogens is 2. The van der Waals surface area contributed by atoms with Crippen molar-refractivity contribution in [1.29, 1.82) is 0 Å². The second-order valence-corrected chi connectivity index (χ2v) is 5.90. The molecule has 1 heterocycles. The molecule has 112 valence electrons. The molecule has 0 atom stereocenters. The van der Waals surface area contributed by atoms with Crippen LogP contribution in [0.15, 0.2) is 53.5 Å². The zero-order valence-electron chi connectivity index (χ0n) is 11.2. The van der Waals surface area contributed by atoms with Crippen molar-refractivity contribution < 1.29 is 4.39 Å². The molecule has 0 spiro atoms. The number of alkyl halides is 1. The highest BCUT2D eigenvalue weighted by atomic mass is 35.5. The average Bonchev–Trinajstić information content (AvgIpc) is 2.95. The fourth-order valence-electron chi connectivity index (χ4n) is 1.95. The number of halogens is 3. The van der Waals surface area contributed by atoms with Gasteiger partial charge in [0.15, 0.2) is 5.82 Å². The molecule has 1 aromatic heterocycles. The van der Waals surface area contributed by atoms with Crippen molar-refractivity contribution in [2.75, 3.05) is 6.00 Å². The van der Waals surface area contributed by atoms with Gasteiger partial charge in [-0.25, -0.2) is 13.3 Å². The molecule has 3 nitrogen and oxygen atoms in total. The summed E-state index contributed by atoms with van der Waals surface area (Å²) < 4.78 is 15.6. The molecule has 0 radical (unpaired) electrons. The molecule has 0 aliphatic rings. The molecule has 0 amide bonds. The van der Waals surface area contributed by atoms with E-state index in [2.05, 4.69) is 9.98 Å².